The summed E-state index contributed by atoms with van der Waals surface area (Å²) in [5.74, 6) is 3.26. The van der Waals surface area contributed by atoms with Crippen molar-refractivity contribution in [2.75, 3.05) is 18.1 Å². The third-order valence-electron chi connectivity index (χ3n) is 2.08. The molecule has 1 heterocycles. The van der Waals surface area contributed by atoms with Gasteiger partial charge in [-0.05, 0) is 18.1 Å². The molecule has 0 aliphatic heterocycles. The Hall–Kier alpha value is -0.0600. The van der Waals surface area contributed by atoms with Gasteiger partial charge in [-0.3, -0.25) is 0 Å². The number of aryl methyl sites for hydroxylation is 1. The van der Waals surface area contributed by atoms with E-state index in [0.717, 1.165) is 25.4 Å². The van der Waals surface area contributed by atoms with Gasteiger partial charge in [0.15, 0.2) is 0 Å². The highest BCUT2D eigenvalue weighted by atomic mass is 32.2. The van der Waals surface area contributed by atoms with Crippen molar-refractivity contribution in [3.05, 3.63) is 16.1 Å². The van der Waals surface area contributed by atoms with E-state index in [9.17, 15) is 0 Å². The summed E-state index contributed by atoms with van der Waals surface area (Å²) in [6.07, 6.45) is 1.05. The quantitative estimate of drug-likeness (QED) is 0.725. The van der Waals surface area contributed by atoms with Gasteiger partial charge < -0.3 is 5.32 Å². The van der Waals surface area contributed by atoms with Crippen LogP contribution < -0.4 is 5.32 Å². The van der Waals surface area contributed by atoms with Crippen LogP contribution in [0.3, 0.4) is 0 Å². The first-order chi connectivity index (χ1) is 7.72. The van der Waals surface area contributed by atoms with Crippen molar-refractivity contribution in [2.45, 2.75) is 33.7 Å². The molecule has 0 fully saturated rings. The van der Waals surface area contributed by atoms with Crippen LogP contribution in [0.4, 0.5) is 0 Å². The van der Waals surface area contributed by atoms with Crippen molar-refractivity contribution in [1.29, 1.82) is 0 Å². The van der Waals surface area contributed by atoms with Gasteiger partial charge in [-0.1, -0.05) is 20.8 Å². The molecule has 92 valence electrons. The maximum atomic E-state index is 4.52. The first-order valence-electron chi connectivity index (χ1n) is 5.94. The maximum Gasteiger partial charge on any atom is 0.0926 e. The summed E-state index contributed by atoms with van der Waals surface area (Å²) < 4.78 is 0. The van der Waals surface area contributed by atoms with Crippen molar-refractivity contribution in [1.82, 2.24) is 10.3 Å². The SMILES string of the molecule is CCc1nc(CNCCSCC(C)C)cs1. The molecule has 0 radical (unpaired) electrons. The van der Waals surface area contributed by atoms with Gasteiger partial charge in [-0.2, -0.15) is 11.8 Å². The Morgan fingerprint density at radius 2 is 2.31 bits per heavy atom. The van der Waals surface area contributed by atoms with Gasteiger partial charge in [0.25, 0.3) is 0 Å². The zero-order valence-corrected chi connectivity index (χ0v) is 12.1. The van der Waals surface area contributed by atoms with Crippen LogP contribution in [-0.4, -0.2) is 23.0 Å². The molecule has 16 heavy (non-hydrogen) atoms. The average molecular weight is 258 g/mol. The minimum atomic E-state index is 0.802. The van der Waals surface area contributed by atoms with Crippen LogP contribution in [0.5, 0.6) is 0 Å². The number of thiazole rings is 1. The summed E-state index contributed by atoms with van der Waals surface area (Å²) in [5.41, 5.74) is 1.19. The Kier molecular flexibility index (Phi) is 7.08. The molecular weight excluding hydrogens is 236 g/mol. The third-order valence-corrected chi connectivity index (χ3v) is 4.52. The maximum absolute atomic E-state index is 4.52. The molecule has 1 aromatic heterocycles. The lowest BCUT2D eigenvalue weighted by atomic mass is 10.3. The zero-order chi connectivity index (χ0) is 11.8. The van der Waals surface area contributed by atoms with E-state index in [2.05, 4.69) is 36.5 Å². The Labute approximate surface area is 107 Å². The van der Waals surface area contributed by atoms with Crippen molar-refractivity contribution in [3.63, 3.8) is 0 Å². The fourth-order valence-corrected chi connectivity index (χ4v) is 2.94. The molecule has 0 aromatic carbocycles. The molecule has 0 amide bonds. The van der Waals surface area contributed by atoms with Gasteiger partial charge in [-0.25, -0.2) is 4.98 Å². The molecule has 0 unspecified atom stereocenters. The second-order valence-electron chi connectivity index (χ2n) is 4.23. The molecular formula is C12H22N2S2. The first kappa shape index (κ1) is 14.0. The predicted octanol–water partition coefficient (Wildman–Crippen LogP) is 3.18. The Balaban J connectivity index is 2.02. The standard InChI is InChI=1S/C12H22N2S2/c1-4-12-14-11(9-16-12)7-13-5-6-15-8-10(2)3/h9-10,13H,4-8H2,1-3H3. The van der Waals surface area contributed by atoms with Crippen LogP contribution in [0.25, 0.3) is 0 Å². The number of aromatic nitrogens is 1. The van der Waals surface area contributed by atoms with Gasteiger partial charge in [0.2, 0.25) is 0 Å². The Bertz CT molecular complexity index is 284. The van der Waals surface area contributed by atoms with Gasteiger partial charge >= 0.3 is 0 Å². The van der Waals surface area contributed by atoms with Crippen molar-refractivity contribution < 1.29 is 0 Å². The Morgan fingerprint density at radius 1 is 1.50 bits per heavy atom. The largest absolute Gasteiger partial charge is 0.310 e. The summed E-state index contributed by atoms with van der Waals surface area (Å²) >= 11 is 3.79. The summed E-state index contributed by atoms with van der Waals surface area (Å²) in [6, 6.07) is 0. The van der Waals surface area contributed by atoms with Crippen LogP contribution in [0.2, 0.25) is 0 Å². The lowest BCUT2D eigenvalue weighted by Gasteiger charge is -2.05. The summed E-state index contributed by atoms with van der Waals surface area (Å²) in [7, 11) is 0. The number of rotatable bonds is 8. The van der Waals surface area contributed by atoms with Crippen molar-refractivity contribution in [2.24, 2.45) is 5.92 Å². The lowest BCUT2D eigenvalue weighted by Crippen LogP contribution is -2.17. The van der Waals surface area contributed by atoms with Crippen LogP contribution >= 0.6 is 23.1 Å². The minimum Gasteiger partial charge on any atom is -0.310 e. The summed E-state index contributed by atoms with van der Waals surface area (Å²) in [4.78, 5) is 4.52. The van der Waals surface area contributed by atoms with Crippen molar-refractivity contribution in [3.8, 4) is 0 Å². The van der Waals surface area contributed by atoms with Crippen LogP contribution in [0, 0.1) is 5.92 Å². The fourth-order valence-electron chi connectivity index (χ4n) is 1.27. The smallest absolute Gasteiger partial charge is 0.0926 e. The highest BCUT2D eigenvalue weighted by molar-refractivity contribution is 7.99. The third kappa shape index (κ3) is 5.87. The summed E-state index contributed by atoms with van der Waals surface area (Å²) in [6.45, 7) is 8.68. The van der Waals surface area contributed by atoms with E-state index >= 15 is 0 Å². The van der Waals surface area contributed by atoms with Gasteiger partial charge in [0.1, 0.15) is 0 Å². The van der Waals surface area contributed by atoms with E-state index in [-0.39, 0.29) is 0 Å². The van der Waals surface area contributed by atoms with E-state index < -0.39 is 0 Å². The van der Waals surface area contributed by atoms with Gasteiger partial charge in [0.05, 0.1) is 10.7 Å². The molecule has 0 atom stereocenters. The molecule has 4 heteroatoms. The number of hydrogen-bond donors (Lipinski definition) is 1. The number of hydrogen-bond acceptors (Lipinski definition) is 4. The number of nitrogens with zero attached hydrogens (tertiary/aromatic N) is 1. The molecule has 0 spiro atoms. The molecule has 1 N–H and O–H groups in total. The topological polar surface area (TPSA) is 24.9 Å². The zero-order valence-electron chi connectivity index (χ0n) is 10.5. The molecule has 1 rings (SSSR count). The second-order valence-corrected chi connectivity index (χ2v) is 6.32. The molecule has 1 aromatic rings. The van der Waals surface area contributed by atoms with E-state index in [1.807, 2.05) is 11.8 Å². The van der Waals surface area contributed by atoms with E-state index in [1.54, 1.807) is 11.3 Å². The fraction of sp³-hybridized carbons (Fsp3) is 0.750. The normalized spacial score (nSPS) is 11.2. The lowest BCUT2D eigenvalue weighted by molar-refractivity contribution is 0.713. The van der Waals surface area contributed by atoms with Crippen LogP contribution in [0.15, 0.2) is 5.38 Å². The van der Waals surface area contributed by atoms with E-state index in [1.165, 1.54) is 22.2 Å². The van der Waals surface area contributed by atoms with E-state index in [4.69, 9.17) is 0 Å². The van der Waals surface area contributed by atoms with Crippen LogP contribution in [0.1, 0.15) is 31.5 Å². The monoisotopic (exact) mass is 258 g/mol. The van der Waals surface area contributed by atoms with E-state index in [0.29, 0.717) is 0 Å². The molecule has 0 bridgehead atoms. The molecule has 2 nitrogen and oxygen atoms in total. The van der Waals surface area contributed by atoms with Gasteiger partial charge in [-0.15, -0.1) is 11.3 Å². The number of thioether (sulfide) groups is 1. The van der Waals surface area contributed by atoms with Gasteiger partial charge in [0, 0.05) is 24.2 Å². The highest BCUT2D eigenvalue weighted by Crippen LogP contribution is 2.10. The second kappa shape index (κ2) is 8.09. The molecule has 0 aliphatic carbocycles. The highest BCUT2D eigenvalue weighted by Gasteiger charge is 1.99. The minimum absolute atomic E-state index is 0.802. The van der Waals surface area contributed by atoms with Crippen LogP contribution in [-0.2, 0) is 13.0 Å². The Morgan fingerprint density at radius 3 is 2.94 bits per heavy atom. The predicted molar refractivity (Wildman–Crippen MR) is 75.4 cm³/mol. The average Bonchev–Trinajstić information content (AvgIpc) is 2.70. The molecule has 0 saturated carbocycles. The summed E-state index contributed by atoms with van der Waals surface area (Å²) in [5, 5.41) is 6.84. The molecule has 0 saturated heterocycles. The molecule has 0 aliphatic rings. The first-order valence-corrected chi connectivity index (χ1v) is 7.97. The van der Waals surface area contributed by atoms with Crippen molar-refractivity contribution >= 4 is 23.1 Å². The number of nitrogens with one attached hydrogen (secondary N) is 1.